The average molecular weight is 256 g/mol. The van der Waals surface area contributed by atoms with E-state index >= 15 is 0 Å². The van der Waals surface area contributed by atoms with E-state index in [1.54, 1.807) is 0 Å². The van der Waals surface area contributed by atoms with Gasteiger partial charge in [0.05, 0.1) is 11.1 Å². The van der Waals surface area contributed by atoms with Gasteiger partial charge in [0.15, 0.2) is 6.29 Å². The van der Waals surface area contributed by atoms with Crippen LogP contribution in [-0.2, 0) is 0 Å². The van der Waals surface area contributed by atoms with E-state index in [2.05, 4.69) is 0 Å². The van der Waals surface area contributed by atoms with Gasteiger partial charge in [-0.3, -0.25) is 0 Å². The second-order valence-electron chi connectivity index (χ2n) is 3.46. The number of aliphatic hydroxyl groups is 2. The minimum absolute atomic E-state index is 0.0186. The lowest BCUT2D eigenvalue weighted by atomic mass is 10.1. The molecule has 0 fully saturated rings. The second-order valence-corrected chi connectivity index (χ2v) is 3.46. The molecule has 18 heavy (non-hydrogen) atoms. The van der Waals surface area contributed by atoms with Crippen molar-refractivity contribution in [1.82, 2.24) is 0 Å². The van der Waals surface area contributed by atoms with Gasteiger partial charge in [0.1, 0.15) is 0 Å². The van der Waals surface area contributed by atoms with Crippen molar-refractivity contribution in [2.24, 2.45) is 0 Å². The molecule has 0 aliphatic rings. The molecule has 6 nitrogen and oxygen atoms in total. The summed E-state index contributed by atoms with van der Waals surface area (Å²) >= 11 is 0. The molecule has 0 spiro atoms. The molecule has 0 heterocycles. The van der Waals surface area contributed by atoms with Crippen molar-refractivity contribution in [2.45, 2.75) is 26.1 Å². The zero-order valence-corrected chi connectivity index (χ0v) is 9.91. The van der Waals surface area contributed by atoms with Crippen molar-refractivity contribution < 1.29 is 30.0 Å². The van der Waals surface area contributed by atoms with E-state index in [1.165, 1.54) is 18.2 Å². The number of hydrogen-bond acceptors (Lipinski definition) is 4. The van der Waals surface area contributed by atoms with Gasteiger partial charge in [0.2, 0.25) is 0 Å². The smallest absolute Gasteiger partial charge is 0.335 e. The van der Waals surface area contributed by atoms with E-state index < -0.39 is 18.2 Å². The molecule has 0 atom stereocenters. The predicted molar refractivity (Wildman–Crippen MR) is 63.5 cm³/mol. The molecule has 0 bridgehead atoms. The molecular weight excluding hydrogens is 240 g/mol. The van der Waals surface area contributed by atoms with Crippen LogP contribution in [0.3, 0.4) is 0 Å². The maximum atomic E-state index is 10.4. The monoisotopic (exact) mass is 256 g/mol. The first kappa shape index (κ1) is 16.1. The Balaban J connectivity index is 0.000000411. The highest BCUT2D eigenvalue weighted by molar-refractivity contribution is 5.93. The van der Waals surface area contributed by atoms with Crippen LogP contribution >= 0.6 is 0 Å². The first-order valence-corrected chi connectivity index (χ1v) is 5.31. The van der Waals surface area contributed by atoms with Crippen LogP contribution in [0.25, 0.3) is 0 Å². The Morgan fingerprint density at radius 1 is 1.11 bits per heavy atom. The van der Waals surface area contributed by atoms with Crippen LogP contribution in [0.15, 0.2) is 24.3 Å². The van der Waals surface area contributed by atoms with Gasteiger partial charge < -0.3 is 20.4 Å². The molecule has 0 radical (unpaired) electrons. The van der Waals surface area contributed by atoms with E-state index in [0.717, 1.165) is 12.5 Å². The summed E-state index contributed by atoms with van der Waals surface area (Å²) in [6, 6.07) is 5.20. The molecule has 100 valence electrons. The van der Waals surface area contributed by atoms with E-state index in [0.29, 0.717) is 6.42 Å². The molecule has 6 heteroatoms. The third-order valence-corrected chi connectivity index (χ3v) is 1.90. The molecule has 1 rings (SSSR count). The van der Waals surface area contributed by atoms with Crippen LogP contribution < -0.4 is 0 Å². The molecule has 0 saturated heterocycles. The molecule has 0 saturated carbocycles. The van der Waals surface area contributed by atoms with E-state index in [-0.39, 0.29) is 11.1 Å². The van der Waals surface area contributed by atoms with Crippen molar-refractivity contribution in [1.29, 1.82) is 0 Å². The third-order valence-electron chi connectivity index (χ3n) is 1.90. The summed E-state index contributed by atoms with van der Waals surface area (Å²) < 4.78 is 0. The zero-order valence-electron chi connectivity index (χ0n) is 9.91. The lowest BCUT2D eigenvalue weighted by Gasteiger charge is -1.95. The van der Waals surface area contributed by atoms with Gasteiger partial charge in [-0.25, -0.2) is 9.59 Å². The maximum absolute atomic E-state index is 10.4. The Morgan fingerprint density at radius 3 is 1.78 bits per heavy atom. The van der Waals surface area contributed by atoms with Gasteiger partial charge in [-0.1, -0.05) is 19.4 Å². The minimum Gasteiger partial charge on any atom is -0.478 e. The molecule has 1 aromatic rings. The van der Waals surface area contributed by atoms with Gasteiger partial charge in [-0.2, -0.15) is 0 Å². The number of benzene rings is 1. The number of hydrogen-bond donors (Lipinski definition) is 4. The van der Waals surface area contributed by atoms with Crippen LogP contribution in [0.2, 0.25) is 0 Å². The van der Waals surface area contributed by atoms with Gasteiger partial charge in [-0.05, 0) is 24.6 Å². The van der Waals surface area contributed by atoms with Crippen LogP contribution in [0, 0.1) is 0 Å². The fourth-order valence-corrected chi connectivity index (χ4v) is 1.04. The second kappa shape index (κ2) is 8.21. The molecule has 0 aliphatic heterocycles. The largest absolute Gasteiger partial charge is 0.478 e. The van der Waals surface area contributed by atoms with Crippen molar-refractivity contribution >= 4 is 11.9 Å². The Bertz CT molecular complexity index is 370. The minimum atomic E-state index is -1.13. The van der Waals surface area contributed by atoms with Gasteiger partial charge in [-0.15, -0.1) is 0 Å². The lowest BCUT2D eigenvalue weighted by molar-refractivity contribution is -0.0453. The van der Waals surface area contributed by atoms with Crippen LogP contribution in [0.4, 0.5) is 0 Å². The van der Waals surface area contributed by atoms with Crippen LogP contribution in [-0.4, -0.2) is 38.7 Å². The molecule has 1 aromatic carbocycles. The predicted octanol–water partition coefficient (Wildman–Crippen LogP) is 1.18. The fourth-order valence-electron chi connectivity index (χ4n) is 1.04. The Kier molecular flexibility index (Phi) is 7.34. The standard InChI is InChI=1S/C8H6O4.C4H10O2/c9-7(10)5-2-1-3-6(4-5)8(11)12;1-2-3-4(5)6/h1-4H,(H,9,10)(H,11,12);4-6H,2-3H2,1H3. The quantitative estimate of drug-likeness (QED) is 0.601. The summed E-state index contributed by atoms with van der Waals surface area (Å²) in [6.07, 6.45) is 0.215. The summed E-state index contributed by atoms with van der Waals surface area (Å²) in [5, 5.41) is 33.2. The third kappa shape index (κ3) is 6.62. The van der Waals surface area contributed by atoms with Gasteiger partial charge in [0, 0.05) is 0 Å². The topological polar surface area (TPSA) is 115 Å². The Morgan fingerprint density at radius 2 is 1.56 bits per heavy atom. The van der Waals surface area contributed by atoms with E-state index in [9.17, 15) is 9.59 Å². The molecular formula is C12H16O6. The average Bonchev–Trinajstić information content (AvgIpc) is 2.29. The van der Waals surface area contributed by atoms with Crippen molar-refractivity contribution in [2.75, 3.05) is 0 Å². The molecule has 0 amide bonds. The van der Waals surface area contributed by atoms with Crippen molar-refractivity contribution in [3.05, 3.63) is 35.4 Å². The van der Waals surface area contributed by atoms with Gasteiger partial charge in [0.25, 0.3) is 0 Å². The summed E-state index contributed by atoms with van der Waals surface area (Å²) in [7, 11) is 0. The number of aromatic carboxylic acids is 2. The first-order valence-electron chi connectivity index (χ1n) is 5.31. The van der Waals surface area contributed by atoms with Crippen LogP contribution in [0.1, 0.15) is 40.5 Å². The number of carboxylic acid groups (broad SMARTS) is 2. The molecule has 0 aliphatic carbocycles. The SMILES string of the molecule is CCCC(O)O.O=C(O)c1cccc(C(=O)O)c1. The van der Waals surface area contributed by atoms with Gasteiger partial charge >= 0.3 is 11.9 Å². The maximum Gasteiger partial charge on any atom is 0.335 e. The summed E-state index contributed by atoms with van der Waals surface area (Å²) in [5.41, 5.74) is -0.0372. The van der Waals surface area contributed by atoms with Crippen molar-refractivity contribution in [3.63, 3.8) is 0 Å². The highest BCUT2D eigenvalue weighted by Gasteiger charge is 2.06. The Hall–Kier alpha value is -1.92. The summed E-state index contributed by atoms with van der Waals surface area (Å²) in [4.78, 5) is 20.8. The molecule has 0 unspecified atom stereocenters. The fraction of sp³-hybridized carbons (Fsp3) is 0.333. The normalized spacial score (nSPS) is 9.56. The summed E-state index contributed by atoms with van der Waals surface area (Å²) in [6.45, 7) is 1.90. The lowest BCUT2D eigenvalue weighted by Crippen LogP contribution is -2.01. The number of carboxylic acids is 2. The summed E-state index contributed by atoms with van der Waals surface area (Å²) in [5.74, 6) is -2.25. The van der Waals surface area contributed by atoms with Crippen LogP contribution in [0.5, 0.6) is 0 Å². The number of rotatable bonds is 4. The van der Waals surface area contributed by atoms with E-state index in [4.69, 9.17) is 20.4 Å². The number of aliphatic hydroxyl groups excluding tert-OH is 1. The van der Waals surface area contributed by atoms with E-state index in [1.807, 2.05) is 6.92 Å². The first-order chi connectivity index (χ1) is 8.38. The molecule has 0 aromatic heterocycles. The highest BCUT2D eigenvalue weighted by atomic mass is 16.5. The molecule has 4 N–H and O–H groups in total. The Labute approximate surface area is 104 Å². The zero-order chi connectivity index (χ0) is 14.1. The number of carbonyl (C=O) groups is 2. The van der Waals surface area contributed by atoms with Crippen molar-refractivity contribution in [3.8, 4) is 0 Å². The highest BCUT2D eigenvalue weighted by Crippen LogP contribution is 2.04.